The van der Waals surface area contributed by atoms with Crippen LogP contribution in [0.3, 0.4) is 0 Å². The van der Waals surface area contributed by atoms with Crippen molar-refractivity contribution in [2.24, 2.45) is 7.05 Å². The molecular weight excluding hydrogens is 529 g/mol. The summed E-state index contributed by atoms with van der Waals surface area (Å²) in [5.74, 6) is -0.216. The number of β-amino-alcohol motifs (C(OH)–C–C–N with tert-alkyl or cyclic N) is 1. The molecule has 1 aromatic carbocycles. The Morgan fingerprint density at radius 3 is 2.85 bits per heavy atom. The molecule has 216 valence electrons. The lowest BCUT2D eigenvalue weighted by atomic mass is 9.96. The molecule has 13 heteroatoms. The molecule has 0 saturated carbocycles. The summed E-state index contributed by atoms with van der Waals surface area (Å²) < 4.78 is 20.6. The van der Waals surface area contributed by atoms with Crippen molar-refractivity contribution in [3.05, 3.63) is 65.8 Å². The van der Waals surface area contributed by atoms with Gasteiger partial charge in [0.15, 0.2) is 0 Å². The number of hydrogen-bond donors (Lipinski definition) is 3. The summed E-state index contributed by atoms with van der Waals surface area (Å²) in [7, 11) is 1.83. The quantitative estimate of drug-likeness (QED) is 0.277. The summed E-state index contributed by atoms with van der Waals surface area (Å²) in [6.45, 7) is 6.05. The fraction of sp³-hybridized carbons (Fsp3) is 0.429. The number of nitrogens with zero attached hydrogens (tertiary/aromatic N) is 7. The van der Waals surface area contributed by atoms with Crippen LogP contribution in [0.5, 0.6) is 0 Å². The van der Waals surface area contributed by atoms with Gasteiger partial charge in [-0.2, -0.15) is 5.10 Å². The zero-order valence-corrected chi connectivity index (χ0v) is 23.5. The Balaban J connectivity index is 1.41. The fourth-order valence-electron chi connectivity index (χ4n) is 4.77. The number of aryl methyl sites for hydroxylation is 1. The Morgan fingerprint density at radius 1 is 1.29 bits per heavy atom. The zero-order chi connectivity index (χ0) is 29.1. The first-order valence-electron chi connectivity index (χ1n) is 13.4. The van der Waals surface area contributed by atoms with Crippen molar-refractivity contribution in [3.63, 3.8) is 0 Å². The number of nitrogens with one attached hydrogen (secondary N) is 2. The van der Waals surface area contributed by atoms with Crippen LogP contribution >= 0.6 is 0 Å². The summed E-state index contributed by atoms with van der Waals surface area (Å²) in [5, 5.41) is 28.2. The maximum absolute atomic E-state index is 13.4. The number of aliphatic hydroxyl groups is 1. The molecule has 12 nitrogen and oxygen atoms in total. The Bertz CT molecular complexity index is 1520. The highest BCUT2D eigenvalue weighted by Gasteiger charge is 2.31. The molecule has 1 aliphatic rings. The second-order valence-electron chi connectivity index (χ2n) is 11.0. The first-order chi connectivity index (χ1) is 19.6. The average molecular weight is 564 g/mol. The number of amides is 1. The maximum Gasteiger partial charge on any atom is 0.309 e. The number of aliphatic hydroxyl groups excluding tert-OH is 1. The molecule has 4 heterocycles. The number of anilines is 2. The largest absolute Gasteiger partial charge is 0.416 e. The topological polar surface area (TPSA) is 147 Å². The third kappa shape index (κ3) is 6.57. The summed E-state index contributed by atoms with van der Waals surface area (Å²) >= 11 is 0. The number of fused-ring (bicyclic) bond motifs is 1. The van der Waals surface area contributed by atoms with E-state index in [0.717, 1.165) is 28.1 Å². The van der Waals surface area contributed by atoms with E-state index in [4.69, 9.17) is 4.42 Å². The molecule has 41 heavy (non-hydrogen) atoms. The number of rotatable bonds is 9. The minimum Gasteiger partial charge on any atom is -0.416 e. The number of alkyl halides is 1. The number of aromatic nitrogens is 6. The van der Waals surface area contributed by atoms with Crippen molar-refractivity contribution in [1.82, 2.24) is 40.2 Å². The molecule has 2 atom stereocenters. The molecule has 5 rings (SSSR count). The van der Waals surface area contributed by atoms with E-state index >= 15 is 0 Å². The van der Waals surface area contributed by atoms with Gasteiger partial charge in [-0.3, -0.25) is 14.4 Å². The molecule has 1 unspecified atom stereocenters. The number of hydrogen-bond acceptors (Lipinski definition) is 10. The van der Waals surface area contributed by atoms with E-state index in [1.807, 2.05) is 31.4 Å². The molecule has 0 spiro atoms. The smallest absolute Gasteiger partial charge is 0.309 e. The van der Waals surface area contributed by atoms with E-state index in [2.05, 4.69) is 46.9 Å². The highest BCUT2D eigenvalue weighted by atomic mass is 19.1. The van der Waals surface area contributed by atoms with Gasteiger partial charge in [0.2, 0.25) is 11.8 Å². The molecule has 0 saturated heterocycles. The van der Waals surface area contributed by atoms with Gasteiger partial charge in [-0.15, -0.1) is 10.2 Å². The average Bonchev–Trinajstić information content (AvgIpc) is 3.57. The second-order valence-corrected chi connectivity index (χ2v) is 11.0. The van der Waals surface area contributed by atoms with Crippen LogP contribution in [0.4, 0.5) is 16.0 Å². The van der Waals surface area contributed by atoms with Crippen LogP contribution in [0.1, 0.15) is 60.9 Å². The van der Waals surface area contributed by atoms with Gasteiger partial charge in [0, 0.05) is 44.6 Å². The van der Waals surface area contributed by atoms with Gasteiger partial charge in [-0.25, -0.2) is 14.4 Å². The lowest BCUT2D eigenvalue weighted by Crippen LogP contribution is -2.32. The van der Waals surface area contributed by atoms with Crippen LogP contribution in [0.2, 0.25) is 0 Å². The van der Waals surface area contributed by atoms with Gasteiger partial charge >= 0.3 is 11.8 Å². The molecule has 0 bridgehead atoms. The van der Waals surface area contributed by atoms with Crippen molar-refractivity contribution in [3.8, 4) is 11.3 Å². The number of carbonyl (C=O) groups is 1. The van der Waals surface area contributed by atoms with Crippen LogP contribution in [-0.2, 0) is 19.0 Å². The third-order valence-corrected chi connectivity index (χ3v) is 6.92. The Kier molecular flexibility index (Phi) is 8.08. The lowest BCUT2D eigenvalue weighted by molar-refractivity contribution is 0.0887. The maximum atomic E-state index is 13.4. The first kappa shape index (κ1) is 28.3. The highest BCUT2D eigenvalue weighted by Crippen LogP contribution is 2.31. The van der Waals surface area contributed by atoms with Crippen LogP contribution < -0.4 is 10.6 Å². The SMILES string of the molecule is C[C@H](O)CN1CCC(NC(=O)c2nnc(C(C)(C)CF)o2)c2ccc(-c3ccnc(Nc4cnn(C)c4)n3)cc2C1. The van der Waals surface area contributed by atoms with Crippen molar-refractivity contribution in [2.45, 2.75) is 51.3 Å². The van der Waals surface area contributed by atoms with Crippen molar-refractivity contribution in [2.75, 3.05) is 25.1 Å². The number of carbonyl (C=O) groups excluding carboxylic acids is 1. The van der Waals surface area contributed by atoms with Crippen LogP contribution in [0.25, 0.3) is 11.3 Å². The van der Waals surface area contributed by atoms with Gasteiger partial charge in [-0.05, 0) is 50.5 Å². The van der Waals surface area contributed by atoms with Gasteiger partial charge in [0.25, 0.3) is 0 Å². The minimum atomic E-state index is -0.979. The Hall–Kier alpha value is -4.23. The van der Waals surface area contributed by atoms with Gasteiger partial charge in [0.1, 0.15) is 6.67 Å². The van der Waals surface area contributed by atoms with Crippen LogP contribution in [-0.4, -0.2) is 71.7 Å². The standard InChI is InChI=1S/C28H34FN9O3/c1-17(39)13-38-10-8-23(33-24(40)25-35-36-26(41-25)28(2,3)16-29)21-6-5-18(11-19(21)14-38)22-7-9-30-27(34-22)32-20-12-31-37(4)15-20/h5-7,9,11-12,15,17,23,39H,8,10,13-14,16H2,1-4H3,(H,33,40)(H,30,32,34)/t17-,23?/m0/s1. The normalized spacial score (nSPS) is 16.6. The first-order valence-corrected chi connectivity index (χ1v) is 13.4. The Morgan fingerprint density at radius 2 is 2.12 bits per heavy atom. The monoisotopic (exact) mass is 563 g/mol. The van der Waals surface area contributed by atoms with Crippen molar-refractivity contribution in [1.29, 1.82) is 0 Å². The molecule has 3 aromatic heterocycles. The predicted molar refractivity (Wildman–Crippen MR) is 149 cm³/mol. The molecule has 1 amide bonds. The molecule has 0 radical (unpaired) electrons. The van der Waals surface area contributed by atoms with Gasteiger partial charge in [-0.1, -0.05) is 12.1 Å². The summed E-state index contributed by atoms with van der Waals surface area (Å²) in [6, 6.07) is 7.50. The van der Waals surface area contributed by atoms with Crippen molar-refractivity contribution >= 4 is 17.5 Å². The summed E-state index contributed by atoms with van der Waals surface area (Å²) in [5.41, 5.74) is 3.36. The Labute approximate surface area is 237 Å². The fourth-order valence-corrected chi connectivity index (χ4v) is 4.77. The van der Waals surface area contributed by atoms with E-state index in [1.165, 1.54) is 0 Å². The highest BCUT2D eigenvalue weighted by molar-refractivity contribution is 5.89. The van der Waals surface area contributed by atoms with E-state index in [-0.39, 0.29) is 17.8 Å². The molecule has 0 fully saturated rings. The van der Waals surface area contributed by atoms with Crippen LogP contribution in [0.15, 0.2) is 47.3 Å². The summed E-state index contributed by atoms with van der Waals surface area (Å²) in [4.78, 5) is 24.3. The number of benzene rings is 1. The van der Waals surface area contributed by atoms with Gasteiger partial charge in [0.05, 0.1) is 35.1 Å². The van der Waals surface area contributed by atoms with E-state index in [0.29, 0.717) is 32.0 Å². The molecular formula is C28H34FN9O3. The van der Waals surface area contributed by atoms with Crippen molar-refractivity contribution < 1.29 is 18.7 Å². The van der Waals surface area contributed by atoms with Gasteiger partial charge < -0.3 is 20.2 Å². The molecule has 3 N–H and O–H groups in total. The third-order valence-electron chi connectivity index (χ3n) is 6.92. The number of halogens is 1. The molecule has 4 aromatic rings. The predicted octanol–water partition coefficient (Wildman–Crippen LogP) is 3.31. The second kappa shape index (κ2) is 11.7. The van der Waals surface area contributed by atoms with E-state index in [9.17, 15) is 14.3 Å². The molecule has 1 aliphatic heterocycles. The molecule has 0 aliphatic carbocycles. The van der Waals surface area contributed by atoms with E-state index in [1.54, 1.807) is 37.8 Å². The zero-order valence-electron chi connectivity index (χ0n) is 23.5. The lowest BCUT2D eigenvalue weighted by Gasteiger charge is -2.22. The van der Waals surface area contributed by atoms with Crippen LogP contribution in [0, 0.1) is 0 Å². The van der Waals surface area contributed by atoms with E-state index < -0.39 is 24.1 Å². The minimum absolute atomic E-state index is 0.0707. The summed E-state index contributed by atoms with van der Waals surface area (Å²) in [6.07, 6.45) is 5.32.